The number of nitrogens with zero attached hydrogens (tertiary/aromatic N) is 2. The van der Waals surface area contributed by atoms with E-state index in [4.69, 9.17) is 4.42 Å². The highest BCUT2D eigenvalue weighted by Gasteiger charge is 2.10. The van der Waals surface area contributed by atoms with Gasteiger partial charge in [-0.3, -0.25) is 10.1 Å². The fraction of sp³-hybridized carbons (Fsp3) is 0.300. The molecule has 2 aromatic rings. The van der Waals surface area contributed by atoms with Crippen LogP contribution in [0.1, 0.15) is 28.7 Å². The molecular formula is C10H11N3O2S. The zero-order valence-electron chi connectivity index (χ0n) is 8.77. The summed E-state index contributed by atoms with van der Waals surface area (Å²) in [6.45, 7) is 2.07. The van der Waals surface area contributed by atoms with E-state index in [0.717, 1.165) is 17.8 Å². The summed E-state index contributed by atoms with van der Waals surface area (Å²) in [4.78, 5) is 11.6. The Kier molecular flexibility index (Phi) is 3.31. The minimum absolute atomic E-state index is 0.229. The molecule has 0 bridgehead atoms. The highest BCUT2D eigenvalue weighted by atomic mass is 32.1. The topological polar surface area (TPSA) is 68.0 Å². The number of amides is 1. The van der Waals surface area contributed by atoms with Gasteiger partial charge in [0.15, 0.2) is 0 Å². The van der Waals surface area contributed by atoms with Crippen LogP contribution in [-0.2, 0) is 6.42 Å². The molecule has 0 atom stereocenters. The van der Waals surface area contributed by atoms with Gasteiger partial charge in [0.05, 0.1) is 11.8 Å². The fourth-order valence-electron chi connectivity index (χ4n) is 1.18. The average Bonchev–Trinajstić information content (AvgIpc) is 2.89. The molecule has 1 N–H and O–H groups in total. The van der Waals surface area contributed by atoms with Crippen molar-refractivity contribution in [3.63, 3.8) is 0 Å². The second-order valence-corrected chi connectivity index (χ2v) is 4.28. The molecule has 2 rings (SSSR count). The highest BCUT2D eigenvalue weighted by molar-refractivity contribution is 7.15. The number of hydrogen-bond acceptors (Lipinski definition) is 5. The van der Waals surface area contributed by atoms with Crippen LogP contribution in [-0.4, -0.2) is 16.1 Å². The van der Waals surface area contributed by atoms with E-state index in [9.17, 15) is 4.79 Å². The Morgan fingerprint density at radius 2 is 2.44 bits per heavy atom. The normalized spacial score (nSPS) is 10.3. The first-order valence-corrected chi connectivity index (χ1v) is 5.77. The number of aromatic nitrogens is 2. The lowest BCUT2D eigenvalue weighted by Crippen LogP contribution is -2.10. The first kappa shape index (κ1) is 10.8. The van der Waals surface area contributed by atoms with Crippen LogP contribution in [0.5, 0.6) is 0 Å². The smallest absolute Gasteiger partial charge is 0.260 e. The number of anilines is 1. The molecule has 5 nitrogen and oxygen atoms in total. The van der Waals surface area contributed by atoms with E-state index in [1.165, 1.54) is 23.9 Å². The summed E-state index contributed by atoms with van der Waals surface area (Å²) in [5.41, 5.74) is 0.479. The fourth-order valence-corrected chi connectivity index (χ4v) is 2.02. The molecule has 0 radical (unpaired) electrons. The Labute approximate surface area is 96.5 Å². The van der Waals surface area contributed by atoms with Crippen LogP contribution in [0, 0.1) is 0 Å². The molecule has 84 valence electrons. The van der Waals surface area contributed by atoms with Gasteiger partial charge >= 0.3 is 0 Å². The van der Waals surface area contributed by atoms with Crippen LogP contribution < -0.4 is 5.32 Å². The van der Waals surface area contributed by atoms with E-state index >= 15 is 0 Å². The molecule has 1 amide bonds. The van der Waals surface area contributed by atoms with E-state index in [2.05, 4.69) is 22.4 Å². The molecule has 0 aromatic carbocycles. The van der Waals surface area contributed by atoms with E-state index in [1.807, 2.05) is 0 Å². The van der Waals surface area contributed by atoms with Crippen molar-refractivity contribution in [1.29, 1.82) is 0 Å². The zero-order valence-corrected chi connectivity index (χ0v) is 9.58. The highest BCUT2D eigenvalue weighted by Crippen LogP contribution is 2.17. The molecular weight excluding hydrogens is 226 g/mol. The number of aryl methyl sites for hydroxylation is 1. The average molecular weight is 237 g/mol. The Bertz CT molecular complexity index is 464. The van der Waals surface area contributed by atoms with Gasteiger partial charge in [0.2, 0.25) is 5.13 Å². The van der Waals surface area contributed by atoms with Crippen molar-refractivity contribution in [2.24, 2.45) is 0 Å². The number of rotatable bonds is 4. The van der Waals surface area contributed by atoms with Gasteiger partial charge in [-0.15, -0.1) is 10.2 Å². The van der Waals surface area contributed by atoms with Crippen molar-refractivity contribution in [3.05, 3.63) is 29.2 Å². The number of furan rings is 1. The Morgan fingerprint density at radius 1 is 1.56 bits per heavy atom. The van der Waals surface area contributed by atoms with E-state index < -0.39 is 0 Å². The molecule has 0 saturated heterocycles. The standard InChI is InChI=1S/C10H11N3O2S/c1-2-3-8-12-13-10(16-8)11-9(14)7-4-5-15-6-7/h4-6H,2-3H2,1H3,(H,11,13,14). The van der Waals surface area contributed by atoms with Gasteiger partial charge in [0.1, 0.15) is 11.3 Å². The van der Waals surface area contributed by atoms with Crippen LogP contribution in [0.25, 0.3) is 0 Å². The van der Waals surface area contributed by atoms with Crippen molar-refractivity contribution < 1.29 is 9.21 Å². The monoisotopic (exact) mass is 237 g/mol. The Balaban J connectivity index is 2.01. The number of carbonyl (C=O) groups excluding carboxylic acids is 1. The van der Waals surface area contributed by atoms with Gasteiger partial charge < -0.3 is 4.42 Å². The van der Waals surface area contributed by atoms with Crippen molar-refractivity contribution in [2.75, 3.05) is 5.32 Å². The van der Waals surface area contributed by atoms with E-state index in [0.29, 0.717) is 10.7 Å². The van der Waals surface area contributed by atoms with Gasteiger partial charge in [-0.05, 0) is 12.5 Å². The summed E-state index contributed by atoms with van der Waals surface area (Å²) in [5, 5.41) is 12.0. The van der Waals surface area contributed by atoms with Crippen LogP contribution in [0.3, 0.4) is 0 Å². The molecule has 0 aliphatic carbocycles. The zero-order chi connectivity index (χ0) is 11.4. The minimum atomic E-state index is -0.229. The van der Waals surface area contributed by atoms with Crippen molar-refractivity contribution >= 4 is 22.4 Å². The third kappa shape index (κ3) is 2.46. The summed E-state index contributed by atoms with van der Waals surface area (Å²) in [7, 11) is 0. The summed E-state index contributed by atoms with van der Waals surface area (Å²) < 4.78 is 4.82. The van der Waals surface area contributed by atoms with Gasteiger partial charge in [-0.1, -0.05) is 18.3 Å². The van der Waals surface area contributed by atoms with Gasteiger partial charge in [-0.2, -0.15) is 0 Å². The molecule has 0 aliphatic rings. The van der Waals surface area contributed by atoms with Gasteiger partial charge in [-0.25, -0.2) is 0 Å². The molecule has 16 heavy (non-hydrogen) atoms. The lowest BCUT2D eigenvalue weighted by Gasteiger charge is -1.95. The maximum Gasteiger partial charge on any atom is 0.260 e. The Morgan fingerprint density at radius 3 is 3.12 bits per heavy atom. The lowest BCUT2D eigenvalue weighted by atomic mass is 10.3. The van der Waals surface area contributed by atoms with Crippen LogP contribution >= 0.6 is 11.3 Å². The van der Waals surface area contributed by atoms with Crippen LogP contribution in [0.2, 0.25) is 0 Å². The lowest BCUT2D eigenvalue weighted by molar-refractivity contribution is 0.102. The molecule has 2 heterocycles. The second-order valence-electron chi connectivity index (χ2n) is 3.22. The molecule has 0 saturated carbocycles. The minimum Gasteiger partial charge on any atom is -0.472 e. The maximum atomic E-state index is 11.6. The van der Waals surface area contributed by atoms with E-state index in [-0.39, 0.29) is 5.91 Å². The molecule has 0 fully saturated rings. The van der Waals surface area contributed by atoms with E-state index in [1.54, 1.807) is 6.07 Å². The summed E-state index contributed by atoms with van der Waals surface area (Å²) in [6, 6.07) is 1.60. The number of nitrogens with one attached hydrogen (secondary N) is 1. The SMILES string of the molecule is CCCc1nnc(NC(=O)c2ccoc2)s1. The summed E-state index contributed by atoms with van der Waals surface area (Å²) in [6.07, 6.45) is 4.75. The van der Waals surface area contributed by atoms with Crippen LogP contribution in [0.4, 0.5) is 5.13 Å². The number of hydrogen-bond donors (Lipinski definition) is 1. The quantitative estimate of drug-likeness (QED) is 0.886. The number of carbonyl (C=O) groups is 1. The maximum absolute atomic E-state index is 11.6. The molecule has 6 heteroatoms. The predicted octanol–water partition coefficient (Wildman–Crippen LogP) is 2.34. The largest absolute Gasteiger partial charge is 0.472 e. The summed E-state index contributed by atoms with van der Waals surface area (Å²) in [5.74, 6) is -0.229. The first-order valence-electron chi connectivity index (χ1n) is 4.95. The molecule has 0 aliphatic heterocycles. The van der Waals surface area contributed by atoms with Crippen molar-refractivity contribution in [3.8, 4) is 0 Å². The second kappa shape index (κ2) is 4.89. The first-order chi connectivity index (χ1) is 7.79. The molecule has 2 aromatic heterocycles. The summed E-state index contributed by atoms with van der Waals surface area (Å²) >= 11 is 1.40. The van der Waals surface area contributed by atoms with Crippen molar-refractivity contribution in [2.45, 2.75) is 19.8 Å². The Hall–Kier alpha value is -1.69. The molecule has 0 spiro atoms. The van der Waals surface area contributed by atoms with Gasteiger partial charge in [0.25, 0.3) is 5.91 Å². The van der Waals surface area contributed by atoms with Crippen molar-refractivity contribution in [1.82, 2.24) is 10.2 Å². The predicted molar refractivity (Wildman–Crippen MR) is 60.6 cm³/mol. The third-order valence-electron chi connectivity index (χ3n) is 1.93. The third-order valence-corrected chi connectivity index (χ3v) is 2.83. The molecule has 0 unspecified atom stereocenters. The van der Waals surface area contributed by atoms with Gasteiger partial charge in [0, 0.05) is 6.42 Å². The van der Waals surface area contributed by atoms with Crippen LogP contribution in [0.15, 0.2) is 23.0 Å².